The van der Waals surface area contributed by atoms with Crippen LogP contribution < -0.4 is 5.32 Å². The van der Waals surface area contributed by atoms with Gasteiger partial charge in [0.2, 0.25) is 0 Å². The monoisotopic (exact) mass is 333 g/mol. The van der Waals surface area contributed by atoms with Crippen LogP contribution in [0, 0.1) is 6.92 Å². The second-order valence-corrected chi connectivity index (χ2v) is 7.01. The molecule has 1 N–H and O–H groups in total. The summed E-state index contributed by atoms with van der Waals surface area (Å²) in [5.74, 6) is -0.0624. The van der Waals surface area contributed by atoms with Crippen molar-refractivity contribution < 1.29 is 4.79 Å². The number of fused-ring (bicyclic) bond motifs is 1. The van der Waals surface area contributed by atoms with E-state index >= 15 is 0 Å². The minimum Gasteiger partial charge on any atom is -0.348 e. The van der Waals surface area contributed by atoms with E-state index in [0.717, 1.165) is 30.3 Å². The molecule has 128 valence electrons. The van der Waals surface area contributed by atoms with Crippen molar-refractivity contribution >= 4 is 11.4 Å². The minimum absolute atomic E-state index is 0.0624. The van der Waals surface area contributed by atoms with E-state index in [0.29, 0.717) is 11.7 Å². The number of benzene rings is 1. The Balaban J connectivity index is 1.64. The average molecular weight is 333 g/mol. The number of aryl methyl sites for hydroxylation is 1. The van der Waals surface area contributed by atoms with Crippen LogP contribution in [-0.2, 0) is 6.42 Å². The standard InChI is InChI=1S/C21H23N3O/c1-15-8-10-16(11-9-15)13-17-14-19(23-24-12-4-7-20(17)24)21(25)22-18-5-2-3-6-18/h4,7-12,14,18H,2-3,5-6,13H2,1H3,(H,22,25). The molecule has 4 nitrogen and oxygen atoms in total. The second kappa shape index (κ2) is 6.71. The van der Waals surface area contributed by atoms with Gasteiger partial charge in [0.15, 0.2) is 0 Å². The quantitative estimate of drug-likeness (QED) is 0.787. The molecule has 1 aliphatic rings. The van der Waals surface area contributed by atoms with Crippen molar-refractivity contribution in [3.8, 4) is 0 Å². The summed E-state index contributed by atoms with van der Waals surface area (Å²) < 4.78 is 1.81. The van der Waals surface area contributed by atoms with E-state index in [1.807, 2.05) is 22.8 Å². The van der Waals surface area contributed by atoms with Crippen LogP contribution in [0.2, 0.25) is 0 Å². The van der Waals surface area contributed by atoms with Crippen LogP contribution in [0.25, 0.3) is 5.52 Å². The number of hydrogen-bond donors (Lipinski definition) is 1. The zero-order valence-corrected chi connectivity index (χ0v) is 14.5. The Kier molecular flexibility index (Phi) is 4.26. The van der Waals surface area contributed by atoms with Gasteiger partial charge in [0.05, 0.1) is 5.52 Å². The third-order valence-corrected chi connectivity index (χ3v) is 5.02. The SMILES string of the molecule is Cc1ccc(Cc2cc(C(=O)NC3CCCC3)nn3cccc23)cc1. The first-order valence-electron chi connectivity index (χ1n) is 9.03. The lowest BCUT2D eigenvalue weighted by atomic mass is 10.0. The van der Waals surface area contributed by atoms with Gasteiger partial charge < -0.3 is 5.32 Å². The maximum atomic E-state index is 12.6. The fourth-order valence-electron chi connectivity index (χ4n) is 3.61. The van der Waals surface area contributed by atoms with E-state index in [-0.39, 0.29) is 5.91 Å². The average Bonchev–Trinajstić information content (AvgIpc) is 3.28. The lowest BCUT2D eigenvalue weighted by Crippen LogP contribution is -2.33. The molecule has 0 spiro atoms. The van der Waals surface area contributed by atoms with Gasteiger partial charge in [-0.15, -0.1) is 0 Å². The number of nitrogens with zero attached hydrogens (tertiary/aromatic N) is 2. The van der Waals surface area contributed by atoms with Crippen LogP contribution in [0.3, 0.4) is 0 Å². The molecule has 0 atom stereocenters. The molecule has 1 aromatic carbocycles. The molecule has 0 unspecified atom stereocenters. The fraction of sp³-hybridized carbons (Fsp3) is 0.333. The van der Waals surface area contributed by atoms with Crippen molar-refractivity contribution in [3.63, 3.8) is 0 Å². The van der Waals surface area contributed by atoms with Crippen LogP contribution >= 0.6 is 0 Å². The van der Waals surface area contributed by atoms with E-state index in [1.54, 1.807) is 0 Å². The summed E-state index contributed by atoms with van der Waals surface area (Å²) in [6.45, 7) is 2.09. The van der Waals surface area contributed by atoms with Gasteiger partial charge >= 0.3 is 0 Å². The number of amides is 1. The molecule has 1 aliphatic carbocycles. The lowest BCUT2D eigenvalue weighted by molar-refractivity contribution is 0.0931. The van der Waals surface area contributed by atoms with Crippen LogP contribution in [0.1, 0.15) is 52.9 Å². The van der Waals surface area contributed by atoms with Crippen molar-refractivity contribution in [2.75, 3.05) is 0 Å². The highest BCUT2D eigenvalue weighted by Gasteiger charge is 2.20. The third-order valence-electron chi connectivity index (χ3n) is 5.02. The predicted octanol–water partition coefficient (Wildman–Crippen LogP) is 3.91. The zero-order valence-electron chi connectivity index (χ0n) is 14.5. The first kappa shape index (κ1) is 15.9. The van der Waals surface area contributed by atoms with E-state index < -0.39 is 0 Å². The minimum atomic E-state index is -0.0624. The summed E-state index contributed by atoms with van der Waals surface area (Å²) >= 11 is 0. The molecule has 4 rings (SSSR count). The molecule has 0 saturated heterocycles. The summed E-state index contributed by atoms with van der Waals surface area (Å²) in [7, 11) is 0. The van der Waals surface area contributed by atoms with E-state index in [2.05, 4.69) is 47.7 Å². The number of carbonyl (C=O) groups excluding carboxylic acids is 1. The molecule has 0 aliphatic heterocycles. The number of nitrogens with one attached hydrogen (secondary N) is 1. The molecular weight excluding hydrogens is 310 g/mol. The zero-order chi connectivity index (χ0) is 17.2. The summed E-state index contributed by atoms with van der Waals surface area (Å²) in [5, 5.41) is 7.63. The van der Waals surface area contributed by atoms with Gasteiger partial charge in [-0.3, -0.25) is 4.79 Å². The maximum Gasteiger partial charge on any atom is 0.271 e. The Labute approximate surface area is 147 Å². The van der Waals surface area contributed by atoms with Gasteiger partial charge in [-0.05, 0) is 55.5 Å². The highest BCUT2D eigenvalue weighted by atomic mass is 16.2. The first-order valence-corrected chi connectivity index (χ1v) is 9.03. The Morgan fingerprint density at radius 3 is 2.72 bits per heavy atom. The van der Waals surface area contributed by atoms with Gasteiger partial charge in [-0.2, -0.15) is 5.10 Å². The molecule has 1 saturated carbocycles. The summed E-state index contributed by atoms with van der Waals surface area (Å²) in [5.41, 5.74) is 5.17. The molecule has 0 radical (unpaired) electrons. The van der Waals surface area contributed by atoms with Gasteiger partial charge in [-0.1, -0.05) is 42.7 Å². The lowest BCUT2D eigenvalue weighted by Gasteiger charge is -2.13. The number of hydrogen-bond acceptors (Lipinski definition) is 2. The highest BCUT2D eigenvalue weighted by molar-refractivity contribution is 5.93. The molecule has 3 aromatic rings. The number of aromatic nitrogens is 2. The summed E-state index contributed by atoms with van der Waals surface area (Å²) in [4.78, 5) is 12.6. The van der Waals surface area contributed by atoms with Crippen molar-refractivity contribution in [2.24, 2.45) is 0 Å². The topological polar surface area (TPSA) is 46.4 Å². The highest BCUT2D eigenvalue weighted by Crippen LogP contribution is 2.20. The van der Waals surface area contributed by atoms with Gasteiger partial charge in [0.25, 0.3) is 5.91 Å². The van der Waals surface area contributed by atoms with Gasteiger partial charge in [0.1, 0.15) is 5.69 Å². The molecule has 4 heteroatoms. The van der Waals surface area contributed by atoms with Crippen LogP contribution in [-0.4, -0.2) is 21.6 Å². The van der Waals surface area contributed by atoms with Gasteiger partial charge in [0, 0.05) is 12.2 Å². The Bertz CT molecular complexity index is 889. The number of carbonyl (C=O) groups is 1. The van der Waals surface area contributed by atoms with E-state index in [1.165, 1.54) is 24.0 Å². The number of rotatable bonds is 4. The summed E-state index contributed by atoms with van der Waals surface area (Å²) in [6, 6.07) is 14.8. The van der Waals surface area contributed by atoms with Crippen LogP contribution in [0.4, 0.5) is 0 Å². The normalized spacial score (nSPS) is 14.9. The Morgan fingerprint density at radius 1 is 1.20 bits per heavy atom. The maximum absolute atomic E-state index is 12.6. The summed E-state index contributed by atoms with van der Waals surface area (Å²) in [6.07, 6.45) is 7.25. The smallest absolute Gasteiger partial charge is 0.271 e. The van der Waals surface area contributed by atoms with E-state index in [9.17, 15) is 4.79 Å². The van der Waals surface area contributed by atoms with Gasteiger partial charge in [-0.25, -0.2) is 4.52 Å². The molecule has 2 heterocycles. The third kappa shape index (κ3) is 3.43. The van der Waals surface area contributed by atoms with Crippen molar-refractivity contribution in [3.05, 3.63) is 71.0 Å². The molecule has 0 bridgehead atoms. The van der Waals surface area contributed by atoms with Crippen molar-refractivity contribution in [1.82, 2.24) is 14.9 Å². The molecule has 1 amide bonds. The molecule has 2 aromatic heterocycles. The fourth-order valence-corrected chi connectivity index (χ4v) is 3.61. The second-order valence-electron chi connectivity index (χ2n) is 7.01. The van der Waals surface area contributed by atoms with E-state index in [4.69, 9.17) is 0 Å². The van der Waals surface area contributed by atoms with Crippen LogP contribution in [0.5, 0.6) is 0 Å². The first-order chi connectivity index (χ1) is 12.2. The van der Waals surface area contributed by atoms with Crippen molar-refractivity contribution in [1.29, 1.82) is 0 Å². The Hall–Kier alpha value is -2.62. The Morgan fingerprint density at radius 2 is 1.96 bits per heavy atom. The predicted molar refractivity (Wildman–Crippen MR) is 98.9 cm³/mol. The molecule has 1 fully saturated rings. The molecule has 25 heavy (non-hydrogen) atoms. The van der Waals surface area contributed by atoms with Crippen LogP contribution in [0.15, 0.2) is 48.7 Å². The molecular formula is C21H23N3O. The largest absolute Gasteiger partial charge is 0.348 e. The van der Waals surface area contributed by atoms with Crippen molar-refractivity contribution in [2.45, 2.75) is 45.1 Å².